The normalized spacial score (nSPS) is 27.1. The van der Waals surface area contributed by atoms with Gasteiger partial charge in [-0.15, -0.1) is 0 Å². The van der Waals surface area contributed by atoms with Crippen molar-refractivity contribution in [2.45, 2.75) is 38.2 Å². The fraction of sp³-hybridized carbons (Fsp3) is 0.435. The van der Waals surface area contributed by atoms with Crippen molar-refractivity contribution >= 4 is 28.9 Å². The molecule has 4 rings (SSSR count). The number of hydrogen-bond acceptors (Lipinski definition) is 8. The smallest absolute Gasteiger partial charge is 0.255 e. The molecule has 9 nitrogen and oxygen atoms in total. The fourth-order valence-corrected chi connectivity index (χ4v) is 5.39. The second-order valence-electron chi connectivity index (χ2n) is 8.91. The molecule has 3 aliphatic carbocycles. The van der Waals surface area contributed by atoms with Crippen LogP contribution in [0, 0.1) is 11.8 Å². The van der Waals surface area contributed by atoms with Crippen LogP contribution in [-0.4, -0.2) is 57.6 Å². The van der Waals surface area contributed by atoms with E-state index >= 15 is 0 Å². The van der Waals surface area contributed by atoms with Gasteiger partial charge in [0.2, 0.25) is 5.78 Å². The van der Waals surface area contributed by atoms with Crippen LogP contribution < -0.4 is 10.6 Å². The number of hydrogen-bond donors (Lipinski definition) is 5. The Balaban J connectivity index is 1.97. The number of aryl methyl sites for hydroxylation is 1. The number of amides is 1. The SMILES string of the molecule is CCc1cc(N(C)C)c2c(c1O)C(O)=C1C(=O)[C@]3(O)C(O)=C(C(N)=O)C(=O)C[C@@H]3C[C@@H]1C2. The van der Waals surface area contributed by atoms with E-state index < -0.39 is 52.0 Å². The van der Waals surface area contributed by atoms with Crippen LogP contribution in [0.3, 0.4) is 0 Å². The van der Waals surface area contributed by atoms with Gasteiger partial charge in [0.1, 0.15) is 22.8 Å². The maximum atomic E-state index is 13.5. The molecule has 170 valence electrons. The van der Waals surface area contributed by atoms with Crippen molar-refractivity contribution in [2.24, 2.45) is 17.6 Å². The lowest BCUT2D eigenvalue weighted by Gasteiger charge is -2.46. The Morgan fingerprint density at radius 1 is 1.22 bits per heavy atom. The largest absolute Gasteiger partial charge is 0.508 e. The predicted octanol–water partition coefficient (Wildman–Crippen LogP) is 1.05. The van der Waals surface area contributed by atoms with E-state index in [9.17, 15) is 34.8 Å². The van der Waals surface area contributed by atoms with Gasteiger partial charge in [0.15, 0.2) is 11.4 Å². The van der Waals surface area contributed by atoms with Crippen molar-refractivity contribution in [1.29, 1.82) is 0 Å². The zero-order valence-corrected chi connectivity index (χ0v) is 18.1. The van der Waals surface area contributed by atoms with Gasteiger partial charge in [-0.25, -0.2) is 0 Å². The van der Waals surface area contributed by atoms with Crippen molar-refractivity contribution in [1.82, 2.24) is 0 Å². The van der Waals surface area contributed by atoms with Crippen molar-refractivity contribution in [3.63, 3.8) is 0 Å². The number of aliphatic hydroxyl groups is 3. The van der Waals surface area contributed by atoms with Crippen molar-refractivity contribution in [3.8, 4) is 5.75 Å². The van der Waals surface area contributed by atoms with Crippen LogP contribution in [0.4, 0.5) is 5.69 Å². The van der Waals surface area contributed by atoms with Gasteiger partial charge in [0, 0.05) is 37.7 Å². The van der Waals surface area contributed by atoms with Gasteiger partial charge in [0.25, 0.3) is 5.91 Å². The van der Waals surface area contributed by atoms with Gasteiger partial charge < -0.3 is 31.1 Å². The zero-order chi connectivity index (χ0) is 23.7. The highest BCUT2D eigenvalue weighted by molar-refractivity contribution is 6.22. The minimum atomic E-state index is -2.54. The van der Waals surface area contributed by atoms with E-state index in [2.05, 4.69) is 0 Å². The van der Waals surface area contributed by atoms with Crippen LogP contribution in [0.5, 0.6) is 5.75 Å². The summed E-state index contributed by atoms with van der Waals surface area (Å²) in [6.07, 6.45) is 0.563. The second kappa shape index (κ2) is 7.09. The third-order valence-corrected chi connectivity index (χ3v) is 6.98. The average molecular weight is 442 g/mol. The van der Waals surface area contributed by atoms with Crippen molar-refractivity contribution in [2.75, 3.05) is 19.0 Å². The molecule has 3 atom stereocenters. The molecule has 6 N–H and O–H groups in total. The molecule has 0 radical (unpaired) electrons. The maximum absolute atomic E-state index is 13.5. The number of nitrogens with zero attached hydrogens (tertiary/aromatic N) is 1. The van der Waals surface area contributed by atoms with Crippen LogP contribution in [-0.2, 0) is 27.2 Å². The Morgan fingerprint density at radius 3 is 2.44 bits per heavy atom. The van der Waals surface area contributed by atoms with E-state index in [0.717, 1.165) is 5.69 Å². The first-order chi connectivity index (χ1) is 14.9. The molecule has 9 heteroatoms. The topological polar surface area (TPSA) is 161 Å². The molecule has 0 unspecified atom stereocenters. The molecule has 0 saturated heterocycles. The summed E-state index contributed by atoms with van der Waals surface area (Å²) in [5, 5.41) is 43.8. The van der Waals surface area contributed by atoms with Gasteiger partial charge in [-0.05, 0) is 42.4 Å². The number of phenolic OH excluding ortho intramolecular Hbond substituents is 1. The van der Waals surface area contributed by atoms with Crippen LogP contribution >= 0.6 is 0 Å². The predicted molar refractivity (Wildman–Crippen MR) is 115 cm³/mol. The molecule has 0 heterocycles. The number of Topliss-reactive ketones (excluding diaryl/α,β-unsaturated/α-hetero) is 2. The van der Waals surface area contributed by atoms with Gasteiger partial charge in [-0.2, -0.15) is 0 Å². The number of phenols is 1. The monoisotopic (exact) mass is 442 g/mol. The summed E-state index contributed by atoms with van der Waals surface area (Å²) in [5.41, 5.74) is 3.88. The van der Waals surface area contributed by atoms with E-state index in [-0.39, 0.29) is 29.7 Å². The number of carbonyl (C=O) groups is 3. The molecular weight excluding hydrogens is 416 g/mol. The summed E-state index contributed by atoms with van der Waals surface area (Å²) < 4.78 is 0. The first-order valence-corrected chi connectivity index (χ1v) is 10.5. The van der Waals surface area contributed by atoms with Gasteiger partial charge in [-0.1, -0.05) is 6.92 Å². The fourth-order valence-electron chi connectivity index (χ4n) is 5.39. The molecule has 1 fully saturated rings. The zero-order valence-electron chi connectivity index (χ0n) is 18.1. The van der Waals surface area contributed by atoms with E-state index in [1.165, 1.54) is 0 Å². The number of ketones is 2. The summed E-state index contributed by atoms with van der Waals surface area (Å²) in [6.45, 7) is 1.85. The quantitative estimate of drug-likeness (QED) is 0.434. The highest BCUT2D eigenvalue weighted by atomic mass is 16.3. The molecule has 32 heavy (non-hydrogen) atoms. The van der Waals surface area contributed by atoms with Crippen molar-refractivity contribution in [3.05, 3.63) is 39.7 Å². The Morgan fingerprint density at radius 2 is 1.88 bits per heavy atom. The summed E-state index contributed by atoms with van der Waals surface area (Å²) >= 11 is 0. The molecule has 0 aromatic heterocycles. The lowest BCUT2D eigenvalue weighted by atomic mass is 9.59. The van der Waals surface area contributed by atoms with E-state index in [0.29, 0.717) is 24.0 Å². The van der Waals surface area contributed by atoms with E-state index in [4.69, 9.17) is 5.73 Å². The molecule has 1 aromatic carbocycles. The first-order valence-electron chi connectivity index (χ1n) is 10.5. The van der Waals surface area contributed by atoms with E-state index in [1.54, 1.807) is 0 Å². The standard InChI is InChI=1S/C23H26N2O7/c1-4-9-7-13(25(2)3)12-6-10-5-11-8-14(26)17(22(24)31)21(30)23(11,32)20(29)15(10)19(28)16(12)18(9)27/h7,10-11,27-28,30,32H,4-6,8H2,1-3H3,(H2,24,31)/t10-,11+,23+/m1/s1. The van der Waals surface area contributed by atoms with Gasteiger partial charge >= 0.3 is 0 Å². The number of aliphatic hydroxyl groups excluding tert-OH is 2. The molecule has 1 amide bonds. The molecule has 1 aromatic rings. The third-order valence-electron chi connectivity index (χ3n) is 6.98. The number of aromatic hydroxyl groups is 1. The number of anilines is 1. The van der Waals surface area contributed by atoms with E-state index in [1.807, 2.05) is 32.0 Å². The summed E-state index contributed by atoms with van der Waals surface area (Å²) in [7, 11) is 3.67. The maximum Gasteiger partial charge on any atom is 0.255 e. The van der Waals surface area contributed by atoms with Crippen molar-refractivity contribution < 1.29 is 34.8 Å². The Labute approximate surface area is 184 Å². The molecule has 0 aliphatic heterocycles. The molecule has 0 spiro atoms. The average Bonchev–Trinajstić information content (AvgIpc) is 2.70. The lowest BCUT2D eigenvalue weighted by Crippen LogP contribution is -2.58. The summed E-state index contributed by atoms with van der Waals surface area (Å²) in [5.74, 6) is -6.14. The first kappa shape index (κ1) is 21.9. The Hall–Kier alpha value is -3.33. The molecular formula is C23H26N2O7. The summed E-state index contributed by atoms with van der Waals surface area (Å²) in [6, 6.07) is 1.84. The Kier molecular flexibility index (Phi) is 4.85. The highest BCUT2D eigenvalue weighted by Gasteiger charge is 2.60. The van der Waals surface area contributed by atoms with Gasteiger partial charge in [-0.3, -0.25) is 14.4 Å². The number of carbonyl (C=O) groups excluding carboxylic acids is 3. The highest BCUT2D eigenvalue weighted by Crippen LogP contribution is 2.53. The Bertz CT molecular complexity index is 1150. The van der Waals surface area contributed by atoms with Crippen LogP contribution in [0.25, 0.3) is 5.76 Å². The molecule has 3 aliphatic rings. The number of fused-ring (bicyclic) bond motifs is 3. The van der Waals surface area contributed by atoms with Crippen LogP contribution in [0.1, 0.15) is 36.5 Å². The molecule has 1 saturated carbocycles. The number of benzene rings is 1. The number of rotatable bonds is 3. The minimum Gasteiger partial charge on any atom is -0.508 e. The number of nitrogens with two attached hydrogens (primary N) is 1. The molecule has 0 bridgehead atoms. The lowest BCUT2D eigenvalue weighted by molar-refractivity contribution is -0.147. The summed E-state index contributed by atoms with van der Waals surface area (Å²) in [4.78, 5) is 39.4. The van der Waals surface area contributed by atoms with Crippen LogP contribution in [0.15, 0.2) is 23.0 Å². The minimum absolute atomic E-state index is 0.117. The second-order valence-corrected chi connectivity index (χ2v) is 8.91. The number of primary amides is 1. The van der Waals surface area contributed by atoms with Crippen LogP contribution in [0.2, 0.25) is 0 Å². The third kappa shape index (κ3) is 2.70. The van der Waals surface area contributed by atoms with Gasteiger partial charge in [0.05, 0.1) is 5.56 Å².